The summed E-state index contributed by atoms with van der Waals surface area (Å²) in [5.74, 6) is -1.11. The Hall–Kier alpha value is -1.64. The number of rotatable bonds is 6. The van der Waals surface area contributed by atoms with E-state index in [0.29, 0.717) is 12.0 Å². The number of nitrogens with one attached hydrogen (secondary N) is 2. The smallest absolute Gasteiger partial charge is 0.338 e. The van der Waals surface area contributed by atoms with Gasteiger partial charge in [-0.05, 0) is 25.8 Å². The minimum absolute atomic E-state index is 0.0581. The molecule has 5 N–H and O–H groups in total. The van der Waals surface area contributed by atoms with Gasteiger partial charge in [-0.1, -0.05) is 6.92 Å². The van der Waals surface area contributed by atoms with Crippen molar-refractivity contribution in [2.75, 3.05) is 18.5 Å². The highest BCUT2D eigenvalue weighted by molar-refractivity contribution is 7.16. The molecule has 0 fully saturated rings. The molecule has 0 spiro atoms. The van der Waals surface area contributed by atoms with Crippen molar-refractivity contribution < 1.29 is 24.9 Å². The summed E-state index contributed by atoms with van der Waals surface area (Å²) in [7, 11) is 0. The molecule has 0 aromatic carbocycles. The molecule has 8 heteroatoms. The van der Waals surface area contributed by atoms with Gasteiger partial charge >= 0.3 is 12.0 Å². The fraction of sp³-hybridized carbons (Fsp3) is 0.538. The topological polar surface area (TPSA) is 119 Å². The van der Waals surface area contributed by atoms with Crippen molar-refractivity contribution in [2.45, 2.75) is 32.7 Å². The Bertz CT molecular complexity index is 529. The highest BCUT2D eigenvalue weighted by Gasteiger charge is 2.29. The third kappa shape index (κ3) is 3.72. The first-order chi connectivity index (χ1) is 9.80. The van der Waals surface area contributed by atoms with E-state index in [-0.39, 0.29) is 10.6 Å². The number of hydrogen-bond acceptors (Lipinski definition) is 5. The zero-order chi connectivity index (χ0) is 16.2. The largest absolute Gasteiger partial charge is 0.478 e. The molecule has 118 valence electrons. The van der Waals surface area contributed by atoms with E-state index in [1.165, 1.54) is 11.3 Å². The molecule has 21 heavy (non-hydrogen) atoms. The lowest BCUT2D eigenvalue weighted by molar-refractivity contribution is 0.0697. The average Bonchev–Trinajstić information content (AvgIpc) is 2.71. The van der Waals surface area contributed by atoms with Crippen LogP contribution in [0.3, 0.4) is 0 Å². The van der Waals surface area contributed by atoms with Crippen LogP contribution in [0.4, 0.5) is 9.80 Å². The van der Waals surface area contributed by atoms with Gasteiger partial charge in [-0.2, -0.15) is 0 Å². The van der Waals surface area contributed by atoms with Crippen molar-refractivity contribution in [1.82, 2.24) is 5.32 Å². The molecule has 1 aromatic heterocycles. The predicted molar refractivity (Wildman–Crippen MR) is 80.1 cm³/mol. The molecule has 0 aliphatic rings. The van der Waals surface area contributed by atoms with E-state index in [4.69, 9.17) is 0 Å². The lowest BCUT2D eigenvalue weighted by Gasteiger charge is -2.29. The zero-order valence-electron chi connectivity index (χ0n) is 12.2. The van der Waals surface area contributed by atoms with Crippen LogP contribution in [-0.4, -0.2) is 46.1 Å². The highest BCUT2D eigenvalue weighted by atomic mass is 32.1. The second-order valence-electron chi connectivity index (χ2n) is 4.82. The summed E-state index contributed by atoms with van der Waals surface area (Å²) in [4.78, 5) is 24.0. The number of carbonyl (C=O) groups is 2. The van der Waals surface area contributed by atoms with Crippen LogP contribution in [0.5, 0.6) is 0 Å². The molecule has 0 atom stereocenters. The monoisotopic (exact) mass is 316 g/mol. The van der Waals surface area contributed by atoms with E-state index in [0.717, 1.165) is 4.88 Å². The molecule has 7 nitrogen and oxygen atoms in total. The van der Waals surface area contributed by atoms with Crippen molar-refractivity contribution in [3.63, 3.8) is 0 Å². The molecule has 0 aliphatic carbocycles. The quantitative estimate of drug-likeness (QED) is 0.542. The van der Waals surface area contributed by atoms with Gasteiger partial charge in [-0.25, -0.2) is 9.59 Å². The summed E-state index contributed by atoms with van der Waals surface area (Å²) >= 11 is 1.17. The van der Waals surface area contributed by atoms with Gasteiger partial charge in [-0.3, -0.25) is 5.32 Å². The number of hydrogen-bond donors (Lipinski definition) is 5. The standard InChI is InChI=1S/C13H20N2O5S/c1-4-13(5-16,6-17)15-12(20)14-10-9(11(18)19)7(2)8(3)21-10/h16-17H,4-6H2,1-3H3,(H,18,19)(H2,14,15,20). The maximum atomic E-state index is 12.0. The van der Waals surface area contributed by atoms with Crippen LogP contribution in [0, 0.1) is 13.8 Å². The van der Waals surface area contributed by atoms with Crippen molar-refractivity contribution in [3.05, 3.63) is 16.0 Å². The van der Waals surface area contributed by atoms with Crippen LogP contribution in [0.15, 0.2) is 0 Å². The summed E-state index contributed by atoms with van der Waals surface area (Å²) in [5, 5.41) is 33.0. The van der Waals surface area contributed by atoms with Crippen LogP contribution >= 0.6 is 11.3 Å². The lowest BCUT2D eigenvalue weighted by atomic mass is 9.99. The van der Waals surface area contributed by atoms with Crippen LogP contribution in [0.1, 0.15) is 34.1 Å². The van der Waals surface area contributed by atoms with Gasteiger partial charge in [0.05, 0.1) is 24.3 Å². The summed E-state index contributed by atoms with van der Waals surface area (Å²) in [6, 6.07) is -0.663. The average molecular weight is 316 g/mol. The Labute approximate surface area is 126 Å². The number of aromatic carboxylic acids is 1. The Kier molecular flexibility index (Phi) is 5.70. The van der Waals surface area contributed by atoms with E-state index < -0.39 is 30.8 Å². The number of aliphatic hydroxyl groups is 2. The van der Waals surface area contributed by atoms with Gasteiger partial charge in [0.25, 0.3) is 0 Å². The molecular formula is C13H20N2O5S. The molecule has 0 radical (unpaired) electrons. The highest BCUT2D eigenvalue weighted by Crippen LogP contribution is 2.32. The maximum absolute atomic E-state index is 12.0. The molecule has 1 heterocycles. The van der Waals surface area contributed by atoms with E-state index in [9.17, 15) is 24.9 Å². The molecular weight excluding hydrogens is 296 g/mol. The SMILES string of the molecule is CCC(CO)(CO)NC(=O)Nc1sc(C)c(C)c1C(=O)O. The van der Waals surface area contributed by atoms with Gasteiger partial charge in [0.1, 0.15) is 5.00 Å². The fourth-order valence-corrected chi connectivity index (χ4v) is 2.84. The van der Waals surface area contributed by atoms with E-state index in [2.05, 4.69) is 10.6 Å². The van der Waals surface area contributed by atoms with Gasteiger partial charge in [0.2, 0.25) is 0 Å². The molecule has 1 rings (SSSR count). The number of thiophene rings is 1. The number of carboxylic acid groups (broad SMARTS) is 1. The van der Waals surface area contributed by atoms with E-state index in [1.807, 2.05) is 0 Å². The maximum Gasteiger partial charge on any atom is 0.338 e. The minimum atomic E-state index is -1.13. The first-order valence-corrected chi connectivity index (χ1v) is 7.26. The number of aliphatic hydroxyl groups excluding tert-OH is 2. The molecule has 0 saturated carbocycles. The Balaban J connectivity index is 2.94. The lowest BCUT2D eigenvalue weighted by Crippen LogP contribution is -2.55. The van der Waals surface area contributed by atoms with Crippen LogP contribution < -0.4 is 10.6 Å². The Morgan fingerprint density at radius 1 is 1.24 bits per heavy atom. The Morgan fingerprint density at radius 3 is 2.24 bits per heavy atom. The second-order valence-corrected chi connectivity index (χ2v) is 6.05. The molecule has 0 unspecified atom stereocenters. The summed E-state index contributed by atoms with van der Waals surface area (Å²) < 4.78 is 0. The van der Waals surface area contributed by atoms with Gasteiger partial charge in [0, 0.05) is 4.88 Å². The van der Waals surface area contributed by atoms with Crippen molar-refractivity contribution in [2.24, 2.45) is 0 Å². The van der Waals surface area contributed by atoms with Gasteiger partial charge in [-0.15, -0.1) is 11.3 Å². The molecule has 0 aliphatic heterocycles. The molecule has 0 saturated heterocycles. The molecule has 1 aromatic rings. The van der Waals surface area contributed by atoms with Gasteiger partial charge in [0.15, 0.2) is 0 Å². The van der Waals surface area contributed by atoms with Crippen LogP contribution in [0.25, 0.3) is 0 Å². The zero-order valence-corrected chi connectivity index (χ0v) is 13.0. The van der Waals surface area contributed by atoms with Crippen LogP contribution in [-0.2, 0) is 0 Å². The molecule has 2 amide bonds. The predicted octanol–water partition coefficient (Wildman–Crippen LogP) is 1.32. The molecule has 0 bridgehead atoms. The normalized spacial score (nSPS) is 11.3. The summed E-state index contributed by atoms with van der Waals surface area (Å²) in [6.45, 7) is 4.34. The van der Waals surface area contributed by atoms with E-state index in [1.54, 1.807) is 20.8 Å². The number of aryl methyl sites for hydroxylation is 1. The van der Waals surface area contributed by atoms with Crippen molar-refractivity contribution in [3.8, 4) is 0 Å². The third-order valence-corrected chi connectivity index (χ3v) is 4.61. The third-order valence-electron chi connectivity index (χ3n) is 3.49. The second kappa shape index (κ2) is 6.88. The van der Waals surface area contributed by atoms with Gasteiger partial charge < -0.3 is 20.6 Å². The first-order valence-electron chi connectivity index (χ1n) is 6.44. The summed E-state index contributed by atoms with van der Waals surface area (Å²) in [6.07, 6.45) is 0.335. The van der Waals surface area contributed by atoms with Crippen molar-refractivity contribution >= 4 is 28.3 Å². The fourth-order valence-electron chi connectivity index (χ4n) is 1.79. The minimum Gasteiger partial charge on any atom is -0.478 e. The Morgan fingerprint density at radius 2 is 1.81 bits per heavy atom. The first kappa shape index (κ1) is 17.4. The number of amides is 2. The number of carboxylic acids is 1. The summed E-state index contributed by atoms with van der Waals surface area (Å²) in [5.41, 5.74) is -0.467. The van der Waals surface area contributed by atoms with Crippen LogP contribution in [0.2, 0.25) is 0 Å². The van der Waals surface area contributed by atoms with Crippen molar-refractivity contribution in [1.29, 1.82) is 0 Å². The number of urea groups is 1. The number of anilines is 1. The number of carbonyl (C=O) groups excluding carboxylic acids is 1. The van der Waals surface area contributed by atoms with E-state index >= 15 is 0 Å².